The monoisotopic (exact) mass is 129 g/mol. The first-order chi connectivity index (χ1) is 3.56. The van der Waals surface area contributed by atoms with Crippen LogP contribution in [0.1, 0.15) is 27.7 Å². The van der Waals surface area contributed by atoms with Gasteiger partial charge >= 0.3 is 0 Å². The molecule has 0 fully saturated rings. The van der Waals surface area contributed by atoms with E-state index in [2.05, 4.69) is 32.7 Å². The maximum Gasteiger partial charge on any atom is 0.138 e. The molecule has 0 aliphatic carbocycles. The molecule has 0 aliphatic heterocycles. The zero-order valence-corrected chi connectivity index (χ0v) is 7.21. The molecule has 48 valence electrons. The average molecular weight is 129 g/mol. The van der Waals surface area contributed by atoms with Crippen LogP contribution in [0.3, 0.4) is 0 Å². The Kier molecular flexibility index (Phi) is 3.32. The van der Waals surface area contributed by atoms with Gasteiger partial charge in [0, 0.05) is 5.54 Å². The Balaban J connectivity index is 3.11. The van der Waals surface area contributed by atoms with Crippen molar-refractivity contribution in [2.24, 2.45) is 0 Å². The summed E-state index contributed by atoms with van der Waals surface area (Å²) in [5.41, 5.74) is 0.314. The molecule has 0 rings (SSSR count). The Labute approximate surface area is 54.8 Å². The normalized spacial score (nSPS) is 12.0. The molecular weight excluding hydrogens is 114 g/mol. The van der Waals surface area contributed by atoms with Crippen molar-refractivity contribution in [1.29, 1.82) is 0 Å². The van der Waals surface area contributed by atoms with Gasteiger partial charge in [-0.1, -0.05) is 6.92 Å². The van der Waals surface area contributed by atoms with Crippen LogP contribution in [0.4, 0.5) is 0 Å². The smallest absolute Gasteiger partial charge is 0.138 e. The molecule has 0 bridgehead atoms. The molecule has 0 saturated heterocycles. The first kappa shape index (κ1) is 8.18. The van der Waals surface area contributed by atoms with Crippen molar-refractivity contribution in [3.05, 3.63) is 0 Å². The van der Waals surface area contributed by atoms with Crippen LogP contribution in [0.2, 0.25) is 6.04 Å². The van der Waals surface area contributed by atoms with Crippen LogP contribution in [0.25, 0.3) is 0 Å². The Hall–Kier alpha value is 0.177. The standard InChI is InChI=1S/C6H15NSi/c1-5-8-7-6(2,3)4/h7H,5H2,1-4H3. The minimum atomic E-state index is 0.314. The predicted molar refractivity (Wildman–Crippen MR) is 39.1 cm³/mol. The summed E-state index contributed by atoms with van der Waals surface area (Å²) in [7, 11) is 0.916. The van der Waals surface area contributed by atoms with E-state index in [1.807, 2.05) is 0 Å². The van der Waals surface area contributed by atoms with E-state index >= 15 is 0 Å². The second-order valence-electron chi connectivity index (χ2n) is 2.91. The summed E-state index contributed by atoms with van der Waals surface area (Å²) in [5.74, 6) is 0. The summed E-state index contributed by atoms with van der Waals surface area (Å²) >= 11 is 0. The van der Waals surface area contributed by atoms with Crippen LogP contribution in [0.5, 0.6) is 0 Å². The number of rotatable bonds is 2. The lowest BCUT2D eigenvalue weighted by Gasteiger charge is -2.18. The lowest BCUT2D eigenvalue weighted by molar-refractivity contribution is 0.523. The van der Waals surface area contributed by atoms with Gasteiger partial charge in [-0.05, 0) is 26.8 Å². The molecule has 0 amide bonds. The highest BCUT2D eigenvalue weighted by Crippen LogP contribution is 1.96. The third-order valence-corrected chi connectivity index (χ3v) is 1.92. The average Bonchev–Trinajstić information content (AvgIpc) is 1.59. The molecular formula is C6H15NSi. The van der Waals surface area contributed by atoms with Crippen LogP contribution in [-0.2, 0) is 0 Å². The Morgan fingerprint density at radius 3 is 2.00 bits per heavy atom. The molecule has 0 spiro atoms. The van der Waals surface area contributed by atoms with Crippen molar-refractivity contribution >= 4 is 9.68 Å². The molecule has 1 nitrogen and oxygen atoms in total. The summed E-state index contributed by atoms with van der Waals surface area (Å²) in [6.45, 7) is 8.76. The minimum Gasteiger partial charge on any atom is -0.335 e. The predicted octanol–water partition coefficient (Wildman–Crippen LogP) is 1.43. The van der Waals surface area contributed by atoms with Gasteiger partial charge in [0.25, 0.3) is 0 Å². The zero-order chi connectivity index (χ0) is 6.62. The number of hydrogen-bond acceptors (Lipinski definition) is 1. The van der Waals surface area contributed by atoms with Gasteiger partial charge in [0.1, 0.15) is 9.68 Å². The van der Waals surface area contributed by atoms with Gasteiger partial charge in [0.15, 0.2) is 0 Å². The van der Waals surface area contributed by atoms with Crippen molar-refractivity contribution < 1.29 is 0 Å². The fourth-order valence-electron chi connectivity index (χ4n) is 0.354. The highest BCUT2D eigenvalue weighted by atomic mass is 28.2. The van der Waals surface area contributed by atoms with Crippen LogP contribution < -0.4 is 4.98 Å². The van der Waals surface area contributed by atoms with E-state index in [-0.39, 0.29) is 0 Å². The third kappa shape index (κ3) is 6.18. The van der Waals surface area contributed by atoms with E-state index in [1.165, 1.54) is 6.04 Å². The van der Waals surface area contributed by atoms with E-state index < -0.39 is 0 Å². The van der Waals surface area contributed by atoms with Gasteiger partial charge in [0.05, 0.1) is 0 Å². The lowest BCUT2D eigenvalue weighted by Crippen LogP contribution is -2.38. The first-order valence-electron chi connectivity index (χ1n) is 3.06. The largest absolute Gasteiger partial charge is 0.335 e. The number of hydrogen-bond donors (Lipinski definition) is 1. The Morgan fingerprint density at radius 1 is 1.38 bits per heavy atom. The molecule has 2 radical (unpaired) electrons. The topological polar surface area (TPSA) is 12.0 Å². The Bertz CT molecular complexity index is 56.0. The molecule has 0 atom stereocenters. The summed E-state index contributed by atoms with van der Waals surface area (Å²) in [6, 6.07) is 1.25. The number of nitrogens with one attached hydrogen (secondary N) is 1. The second kappa shape index (κ2) is 3.25. The van der Waals surface area contributed by atoms with Crippen molar-refractivity contribution in [2.75, 3.05) is 0 Å². The lowest BCUT2D eigenvalue weighted by atomic mass is 10.1. The molecule has 2 heteroatoms. The van der Waals surface area contributed by atoms with Crippen molar-refractivity contribution in [1.82, 2.24) is 4.98 Å². The first-order valence-corrected chi connectivity index (χ1v) is 4.27. The molecule has 0 aliphatic rings. The second-order valence-corrected chi connectivity index (χ2v) is 4.22. The minimum absolute atomic E-state index is 0.314. The highest BCUT2D eigenvalue weighted by Gasteiger charge is 2.05. The van der Waals surface area contributed by atoms with Gasteiger partial charge in [0.2, 0.25) is 0 Å². The quantitative estimate of drug-likeness (QED) is 0.556. The van der Waals surface area contributed by atoms with E-state index in [4.69, 9.17) is 0 Å². The SMILES string of the molecule is CC[Si]NC(C)(C)C. The molecule has 0 aromatic heterocycles. The molecule has 0 aromatic carbocycles. The molecule has 0 unspecified atom stereocenters. The molecule has 0 saturated carbocycles. The van der Waals surface area contributed by atoms with Gasteiger partial charge in [-0.25, -0.2) is 0 Å². The molecule has 1 N–H and O–H groups in total. The highest BCUT2D eigenvalue weighted by molar-refractivity contribution is 6.32. The maximum atomic E-state index is 3.40. The third-order valence-electron chi connectivity index (χ3n) is 0.640. The fourth-order valence-corrected chi connectivity index (χ4v) is 1.06. The van der Waals surface area contributed by atoms with E-state index in [0.29, 0.717) is 5.54 Å². The fraction of sp³-hybridized carbons (Fsp3) is 1.00. The summed E-state index contributed by atoms with van der Waals surface area (Å²) in [5, 5.41) is 0. The van der Waals surface area contributed by atoms with Crippen LogP contribution >= 0.6 is 0 Å². The van der Waals surface area contributed by atoms with Crippen molar-refractivity contribution in [2.45, 2.75) is 39.3 Å². The van der Waals surface area contributed by atoms with Crippen molar-refractivity contribution in [3.8, 4) is 0 Å². The van der Waals surface area contributed by atoms with E-state index in [1.54, 1.807) is 0 Å². The molecule has 8 heavy (non-hydrogen) atoms. The summed E-state index contributed by atoms with van der Waals surface area (Å²) in [6.07, 6.45) is 0. The molecule has 0 aromatic rings. The van der Waals surface area contributed by atoms with Crippen LogP contribution in [-0.4, -0.2) is 15.2 Å². The maximum absolute atomic E-state index is 3.40. The van der Waals surface area contributed by atoms with Crippen molar-refractivity contribution in [3.63, 3.8) is 0 Å². The van der Waals surface area contributed by atoms with Gasteiger partial charge in [-0.2, -0.15) is 0 Å². The van der Waals surface area contributed by atoms with Crippen LogP contribution in [0, 0.1) is 0 Å². The van der Waals surface area contributed by atoms with E-state index in [0.717, 1.165) is 9.68 Å². The Morgan fingerprint density at radius 2 is 1.88 bits per heavy atom. The molecule has 0 heterocycles. The van der Waals surface area contributed by atoms with Gasteiger partial charge in [-0.3, -0.25) is 0 Å². The zero-order valence-electron chi connectivity index (χ0n) is 6.21. The van der Waals surface area contributed by atoms with Crippen LogP contribution in [0.15, 0.2) is 0 Å². The van der Waals surface area contributed by atoms with E-state index in [9.17, 15) is 0 Å². The van der Waals surface area contributed by atoms with Gasteiger partial charge in [-0.15, -0.1) is 0 Å². The summed E-state index contributed by atoms with van der Waals surface area (Å²) in [4.78, 5) is 3.40. The van der Waals surface area contributed by atoms with Gasteiger partial charge < -0.3 is 4.98 Å². The summed E-state index contributed by atoms with van der Waals surface area (Å²) < 4.78 is 0.